The molecule has 0 radical (unpaired) electrons. The fraction of sp³-hybridized carbons (Fsp3) is 0.467. The van der Waals surface area contributed by atoms with Gasteiger partial charge in [0.2, 0.25) is 11.7 Å². The molecule has 1 amide bonds. The van der Waals surface area contributed by atoms with Gasteiger partial charge in [-0.3, -0.25) is 4.79 Å². The first kappa shape index (κ1) is 15.8. The SMILES string of the molecule is C#CCCC1(CCC(=O)NCc2cc(C(=O)O)oc2C)N=N1. The van der Waals surface area contributed by atoms with E-state index in [1.54, 1.807) is 6.92 Å². The van der Waals surface area contributed by atoms with Gasteiger partial charge in [-0.1, -0.05) is 0 Å². The number of terminal acetylenes is 1. The Bertz CT molecular complexity index is 648. The highest BCUT2D eigenvalue weighted by molar-refractivity contribution is 5.84. The second kappa shape index (κ2) is 6.43. The van der Waals surface area contributed by atoms with Crippen molar-refractivity contribution < 1.29 is 19.1 Å². The average molecular weight is 303 g/mol. The van der Waals surface area contributed by atoms with E-state index in [0.29, 0.717) is 37.0 Å². The molecule has 0 aromatic carbocycles. The minimum absolute atomic E-state index is 0.134. The molecule has 7 nitrogen and oxygen atoms in total. The summed E-state index contributed by atoms with van der Waals surface area (Å²) < 4.78 is 5.08. The molecule has 1 aromatic rings. The molecule has 2 heterocycles. The molecular weight excluding hydrogens is 286 g/mol. The van der Waals surface area contributed by atoms with Crippen LogP contribution in [0.1, 0.15) is 47.6 Å². The predicted molar refractivity (Wildman–Crippen MR) is 77.1 cm³/mol. The lowest BCUT2D eigenvalue weighted by atomic mass is 10.0. The summed E-state index contributed by atoms with van der Waals surface area (Å²) in [7, 11) is 0. The number of amides is 1. The highest BCUT2D eigenvalue weighted by Crippen LogP contribution is 2.37. The third kappa shape index (κ3) is 3.95. The van der Waals surface area contributed by atoms with Gasteiger partial charge in [0.1, 0.15) is 5.76 Å². The number of nitrogens with zero attached hydrogens (tertiary/aromatic N) is 2. The van der Waals surface area contributed by atoms with E-state index >= 15 is 0 Å². The summed E-state index contributed by atoms with van der Waals surface area (Å²) in [5, 5.41) is 19.5. The van der Waals surface area contributed by atoms with E-state index in [1.807, 2.05) is 0 Å². The predicted octanol–water partition coefficient (Wildman–Crippen LogP) is 2.26. The van der Waals surface area contributed by atoms with Crippen molar-refractivity contribution in [3.8, 4) is 12.3 Å². The van der Waals surface area contributed by atoms with Crippen molar-refractivity contribution in [3.63, 3.8) is 0 Å². The number of carbonyl (C=O) groups is 2. The van der Waals surface area contributed by atoms with Gasteiger partial charge >= 0.3 is 5.97 Å². The Kier molecular flexibility index (Phi) is 4.61. The van der Waals surface area contributed by atoms with E-state index in [-0.39, 0.29) is 18.2 Å². The van der Waals surface area contributed by atoms with Crippen LogP contribution in [-0.4, -0.2) is 22.6 Å². The van der Waals surface area contributed by atoms with Crippen LogP contribution < -0.4 is 5.32 Å². The smallest absolute Gasteiger partial charge is 0.371 e. The summed E-state index contributed by atoms with van der Waals surface area (Å²) in [5.74, 6) is 1.61. The van der Waals surface area contributed by atoms with Crippen LogP contribution in [0.3, 0.4) is 0 Å². The maximum Gasteiger partial charge on any atom is 0.371 e. The molecule has 0 atom stereocenters. The quantitative estimate of drug-likeness (QED) is 0.719. The zero-order valence-corrected chi connectivity index (χ0v) is 12.3. The summed E-state index contributed by atoms with van der Waals surface area (Å²) in [6.45, 7) is 1.89. The van der Waals surface area contributed by atoms with Crippen LogP contribution in [0.2, 0.25) is 0 Å². The summed E-state index contributed by atoms with van der Waals surface area (Å²) in [4.78, 5) is 22.6. The zero-order valence-electron chi connectivity index (χ0n) is 12.3. The molecule has 7 heteroatoms. The van der Waals surface area contributed by atoms with Crippen molar-refractivity contribution in [2.24, 2.45) is 10.2 Å². The molecule has 1 aliphatic rings. The fourth-order valence-corrected chi connectivity index (χ4v) is 2.06. The lowest BCUT2D eigenvalue weighted by Crippen LogP contribution is -2.24. The van der Waals surface area contributed by atoms with Gasteiger partial charge in [-0.05, 0) is 13.0 Å². The van der Waals surface area contributed by atoms with Crippen molar-refractivity contribution in [1.82, 2.24) is 5.32 Å². The third-order valence-corrected chi connectivity index (χ3v) is 3.51. The third-order valence-electron chi connectivity index (χ3n) is 3.51. The molecule has 0 unspecified atom stereocenters. The number of furan rings is 1. The second-order valence-electron chi connectivity index (χ2n) is 5.16. The van der Waals surface area contributed by atoms with Crippen LogP contribution in [0.5, 0.6) is 0 Å². The first-order valence-electron chi connectivity index (χ1n) is 6.92. The van der Waals surface area contributed by atoms with E-state index in [4.69, 9.17) is 15.9 Å². The van der Waals surface area contributed by atoms with E-state index in [2.05, 4.69) is 21.5 Å². The van der Waals surface area contributed by atoms with Gasteiger partial charge in [-0.2, -0.15) is 10.2 Å². The Hall–Kier alpha value is -2.62. The number of aromatic carboxylic acids is 1. The molecule has 0 saturated heterocycles. The lowest BCUT2D eigenvalue weighted by molar-refractivity contribution is -0.121. The first-order chi connectivity index (χ1) is 10.5. The molecule has 0 spiro atoms. The maximum atomic E-state index is 11.8. The monoisotopic (exact) mass is 303 g/mol. The molecule has 2 rings (SSSR count). The molecule has 22 heavy (non-hydrogen) atoms. The first-order valence-corrected chi connectivity index (χ1v) is 6.92. The second-order valence-corrected chi connectivity index (χ2v) is 5.16. The molecule has 0 saturated carbocycles. The molecule has 0 fully saturated rings. The molecular formula is C15H17N3O4. The zero-order chi connectivity index (χ0) is 16.2. The fourth-order valence-electron chi connectivity index (χ4n) is 2.06. The largest absolute Gasteiger partial charge is 0.475 e. The van der Waals surface area contributed by atoms with Crippen molar-refractivity contribution in [1.29, 1.82) is 0 Å². The number of aryl methyl sites for hydroxylation is 1. The van der Waals surface area contributed by atoms with Crippen LogP contribution >= 0.6 is 0 Å². The minimum atomic E-state index is -1.13. The van der Waals surface area contributed by atoms with E-state index in [1.165, 1.54) is 6.07 Å². The van der Waals surface area contributed by atoms with E-state index < -0.39 is 11.6 Å². The maximum absolute atomic E-state index is 11.8. The number of carboxylic acids is 1. The van der Waals surface area contributed by atoms with Gasteiger partial charge in [0, 0.05) is 37.8 Å². The van der Waals surface area contributed by atoms with Crippen molar-refractivity contribution >= 4 is 11.9 Å². The Labute approximate surface area is 127 Å². The number of hydrogen-bond acceptors (Lipinski definition) is 5. The highest BCUT2D eigenvalue weighted by Gasteiger charge is 2.39. The number of carbonyl (C=O) groups excluding carboxylic acids is 1. The number of carboxylic acid groups (broad SMARTS) is 1. The van der Waals surface area contributed by atoms with E-state index in [0.717, 1.165) is 0 Å². The van der Waals surface area contributed by atoms with Gasteiger partial charge in [0.15, 0.2) is 5.66 Å². The highest BCUT2D eigenvalue weighted by atomic mass is 16.4. The summed E-state index contributed by atoms with van der Waals surface area (Å²) in [6, 6.07) is 1.41. The van der Waals surface area contributed by atoms with Crippen molar-refractivity contribution in [2.75, 3.05) is 0 Å². The molecule has 116 valence electrons. The van der Waals surface area contributed by atoms with Crippen LogP contribution in [0, 0.1) is 19.3 Å². The van der Waals surface area contributed by atoms with Crippen LogP contribution in [0.15, 0.2) is 20.7 Å². The van der Waals surface area contributed by atoms with E-state index in [9.17, 15) is 9.59 Å². The van der Waals surface area contributed by atoms with Gasteiger partial charge in [0.25, 0.3) is 0 Å². The van der Waals surface area contributed by atoms with Crippen molar-refractivity contribution in [2.45, 2.75) is 44.8 Å². The summed E-state index contributed by atoms with van der Waals surface area (Å²) in [6.07, 6.45) is 7.28. The number of rotatable bonds is 8. The van der Waals surface area contributed by atoms with Crippen molar-refractivity contribution in [3.05, 3.63) is 23.2 Å². The Balaban J connectivity index is 1.76. The Morgan fingerprint density at radius 2 is 2.18 bits per heavy atom. The summed E-state index contributed by atoms with van der Waals surface area (Å²) in [5.41, 5.74) is 0.180. The molecule has 1 aromatic heterocycles. The molecule has 0 bridgehead atoms. The Morgan fingerprint density at radius 3 is 2.73 bits per heavy atom. The normalized spacial score (nSPS) is 14.4. The summed E-state index contributed by atoms with van der Waals surface area (Å²) >= 11 is 0. The molecule has 2 N–H and O–H groups in total. The van der Waals surface area contributed by atoms with Crippen LogP contribution in [0.4, 0.5) is 0 Å². The van der Waals surface area contributed by atoms with Crippen LogP contribution in [0.25, 0.3) is 0 Å². The topological polar surface area (TPSA) is 104 Å². The Morgan fingerprint density at radius 1 is 1.45 bits per heavy atom. The molecule has 0 aliphatic carbocycles. The van der Waals surface area contributed by atoms with Gasteiger partial charge < -0.3 is 14.8 Å². The van der Waals surface area contributed by atoms with Gasteiger partial charge in [0.05, 0.1) is 0 Å². The minimum Gasteiger partial charge on any atom is -0.475 e. The average Bonchev–Trinajstić information content (AvgIpc) is 3.16. The van der Waals surface area contributed by atoms with Crippen LogP contribution in [-0.2, 0) is 11.3 Å². The van der Waals surface area contributed by atoms with Gasteiger partial charge in [-0.25, -0.2) is 4.79 Å². The number of hydrogen-bond donors (Lipinski definition) is 2. The number of nitrogens with one attached hydrogen (secondary N) is 1. The molecule has 1 aliphatic heterocycles. The van der Waals surface area contributed by atoms with Gasteiger partial charge in [-0.15, -0.1) is 12.3 Å². The lowest BCUT2D eigenvalue weighted by Gasteiger charge is -2.08. The standard InChI is InChI=1S/C15H17N3O4/c1-3-4-6-15(17-18-15)7-5-13(19)16-9-11-8-12(14(20)21)22-10(11)2/h1,8H,4-7,9H2,2H3,(H,16,19)(H,20,21).